The molecule has 0 saturated heterocycles. The summed E-state index contributed by atoms with van der Waals surface area (Å²) in [6.45, 7) is 4.55. The van der Waals surface area contributed by atoms with Crippen LogP contribution < -0.4 is 5.32 Å². The molecule has 19 heavy (non-hydrogen) atoms. The molecule has 0 atom stereocenters. The fourth-order valence-corrected chi connectivity index (χ4v) is 1.59. The van der Waals surface area contributed by atoms with E-state index in [-0.39, 0.29) is 25.0 Å². The molecule has 0 radical (unpaired) electrons. The number of esters is 1. The third-order valence-electron chi connectivity index (χ3n) is 2.38. The molecule has 0 unspecified atom stereocenters. The largest absolute Gasteiger partial charge is 0.468 e. The van der Waals surface area contributed by atoms with Crippen molar-refractivity contribution in [3.63, 3.8) is 0 Å². The van der Waals surface area contributed by atoms with Crippen molar-refractivity contribution in [3.05, 3.63) is 11.8 Å². The molecule has 1 amide bonds. The zero-order valence-electron chi connectivity index (χ0n) is 11.4. The number of amides is 1. The summed E-state index contributed by atoms with van der Waals surface area (Å²) in [6.07, 6.45) is 0.841. The van der Waals surface area contributed by atoms with Crippen LogP contribution in [0.25, 0.3) is 0 Å². The summed E-state index contributed by atoms with van der Waals surface area (Å²) >= 11 is 0. The third-order valence-corrected chi connectivity index (χ3v) is 2.38. The zero-order valence-corrected chi connectivity index (χ0v) is 11.4. The second-order valence-electron chi connectivity index (χ2n) is 4.16. The molecule has 7 heteroatoms. The van der Waals surface area contributed by atoms with Gasteiger partial charge in [0.15, 0.2) is 5.82 Å². The van der Waals surface area contributed by atoms with Crippen molar-refractivity contribution in [2.45, 2.75) is 20.3 Å². The zero-order chi connectivity index (χ0) is 14.3. The second kappa shape index (κ2) is 7.52. The van der Waals surface area contributed by atoms with E-state index < -0.39 is 0 Å². The van der Waals surface area contributed by atoms with Crippen LogP contribution in [-0.2, 0) is 14.3 Å². The van der Waals surface area contributed by atoms with E-state index in [1.165, 1.54) is 7.11 Å². The number of hydrogen-bond acceptors (Lipinski definition) is 6. The van der Waals surface area contributed by atoms with Crippen molar-refractivity contribution < 1.29 is 18.8 Å². The summed E-state index contributed by atoms with van der Waals surface area (Å²) in [7, 11) is 1.32. The molecule has 0 aliphatic rings. The molecule has 106 valence electrons. The van der Waals surface area contributed by atoms with Crippen LogP contribution in [0.2, 0.25) is 0 Å². The lowest BCUT2D eigenvalue weighted by atomic mass is 10.3. The number of nitrogens with one attached hydrogen (secondary N) is 1. The number of aromatic nitrogens is 1. The van der Waals surface area contributed by atoms with Crippen molar-refractivity contribution in [2.24, 2.45) is 0 Å². The molecule has 0 aliphatic heterocycles. The number of rotatable bonds is 7. The third kappa shape index (κ3) is 5.52. The molecule has 0 aromatic carbocycles. The van der Waals surface area contributed by atoms with Crippen molar-refractivity contribution >= 4 is 17.7 Å². The van der Waals surface area contributed by atoms with E-state index in [4.69, 9.17) is 4.52 Å². The van der Waals surface area contributed by atoms with Gasteiger partial charge in [0.2, 0.25) is 5.91 Å². The highest BCUT2D eigenvalue weighted by Gasteiger charge is 2.15. The molecule has 0 saturated carbocycles. The van der Waals surface area contributed by atoms with Crippen LogP contribution in [0.5, 0.6) is 0 Å². The fraction of sp³-hybridized carbons (Fsp3) is 0.583. The van der Waals surface area contributed by atoms with Gasteiger partial charge in [-0.15, -0.1) is 0 Å². The maximum atomic E-state index is 11.8. The molecule has 0 fully saturated rings. The molecule has 1 rings (SSSR count). The van der Waals surface area contributed by atoms with Gasteiger partial charge in [-0.2, -0.15) is 0 Å². The van der Waals surface area contributed by atoms with Crippen molar-refractivity contribution in [1.82, 2.24) is 10.1 Å². The lowest BCUT2D eigenvalue weighted by Crippen LogP contribution is -2.37. The van der Waals surface area contributed by atoms with Crippen LogP contribution in [0.4, 0.5) is 5.82 Å². The Morgan fingerprint density at radius 1 is 1.47 bits per heavy atom. The van der Waals surface area contributed by atoms with Gasteiger partial charge in [0.1, 0.15) is 5.76 Å². The van der Waals surface area contributed by atoms with Crippen LogP contribution in [0.3, 0.4) is 0 Å². The van der Waals surface area contributed by atoms with Gasteiger partial charge < -0.3 is 14.6 Å². The van der Waals surface area contributed by atoms with Crippen LogP contribution >= 0.6 is 0 Å². The Labute approximate surface area is 111 Å². The minimum absolute atomic E-state index is 0.0929. The lowest BCUT2D eigenvalue weighted by Gasteiger charge is -2.19. The van der Waals surface area contributed by atoms with E-state index in [0.717, 1.165) is 6.42 Å². The number of hydrogen-bond donors (Lipinski definition) is 1. The molecule has 0 bridgehead atoms. The highest BCUT2D eigenvalue weighted by molar-refractivity contribution is 5.91. The Morgan fingerprint density at radius 2 is 2.21 bits per heavy atom. The van der Waals surface area contributed by atoms with Gasteiger partial charge in [-0.1, -0.05) is 12.1 Å². The molecule has 0 aliphatic carbocycles. The lowest BCUT2D eigenvalue weighted by molar-refractivity contribution is -0.142. The minimum Gasteiger partial charge on any atom is -0.468 e. The number of nitrogens with zero attached hydrogens (tertiary/aromatic N) is 2. The molecule has 0 spiro atoms. The number of carbonyl (C=O) groups excluding carboxylic acids is 2. The summed E-state index contributed by atoms with van der Waals surface area (Å²) in [6, 6.07) is 1.63. The average molecular weight is 269 g/mol. The minimum atomic E-state index is -0.362. The predicted molar refractivity (Wildman–Crippen MR) is 68.6 cm³/mol. The summed E-state index contributed by atoms with van der Waals surface area (Å²) in [5.74, 6) is 0.386. The predicted octanol–water partition coefficient (Wildman–Crippen LogP) is 0.807. The van der Waals surface area contributed by atoms with Crippen molar-refractivity contribution in [3.8, 4) is 0 Å². The first kappa shape index (κ1) is 15.2. The van der Waals surface area contributed by atoms with Crippen LogP contribution in [-0.4, -0.2) is 48.7 Å². The number of ether oxygens (including phenoxy) is 1. The van der Waals surface area contributed by atoms with Gasteiger partial charge in [0.25, 0.3) is 0 Å². The van der Waals surface area contributed by atoms with Gasteiger partial charge in [-0.3, -0.25) is 14.5 Å². The van der Waals surface area contributed by atoms with E-state index in [1.807, 2.05) is 6.92 Å². The van der Waals surface area contributed by atoms with E-state index in [1.54, 1.807) is 17.9 Å². The van der Waals surface area contributed by atoms with Gasteiger partial charge >= 0.3 is 5.97 Å². The second-order valence-corrected chi connectivity index (χ2v) is 4.16. The SMILES string of the molecule is CCCN(CC(=O)Nc1cc(C)on1)CC(=O)OC. The molecular weight excluding hydrogens is 250 g/mol. The van der Waals surface area contributed by atoms with Gasteiger partial charge in [-0.05, 0) is 19.9 Å². The monoisotopic (exact) mass is 269 g/mol. The van der Waals surface area contributed by atoms with Crippen LogP contribution in [0.15, 0.2) is 10.6 Å². The molecule has 1 aromatic rings. The maximum absolute atomic E-state index is 11.8. The van der Waals surface area contributed by atoms with Gasteiger partial charge in [0.05, 0.1) is 20.2 Å². The normalized spacial score (nSPS) is 10.5. The van der Waals surface area contributed by atoms with Crippen LogP contribution in [0, 0.1) is 6.92 Å². The molecule has 1 heterocycles. The molecular formula is C12H19N3O4. The maximum Gasteiger partial charge on any atom is 0.319 e. The van der Waals surface area contributed by atoms with Crippen LogP contribution in [0.1, 0.15) is 19.1 Å². The first-order valence-electron chi connectivity index (χ1n) is 6.07. The average Bonchev–Trinajstić information content (AvgIpc) is 2.74. The van der Waals surface area contributed by atoms with Gasteiger partial charge in [-0.25, -0.2) is 0 Å². The number of carbonyl (C=O) groups is 2. The highest BCUT2D eigenvalue weighted by atomic mass is 16.5. The Bertz CT molecular complexity index is 430. The Morgan fingerprint density at radius 3 is 2.74 bits per heavy atom. The summed E-state index contributed by atoms with van der Waals surface area (Å²) < 4.78 is 9.44. The molecule has 1 aromatic heterocycles. The smallest absolute Gasteiger partial charge is 0.319 e. The quantitative estimate of drug-likeness (QED) is 0.737. The summed E-state index contributed by atoms with van der Waals surface area (Å²) in [5.41, 5.74) is 0. The molecule has 7 nitrogen and oxygen atoms in total. The van der Waals surface area contributed by atoms with Crippen molar-refractivity contribution in [2.75, 3.05) is 32.1 Å². The van der Waals surface area contributed by atoms with E-state index in [9.17, 15) is 9.59 Å². The Kier molecular flexibility index (Phi) is 6.01. The number of aryl methyl sites for hydroxylation is 1. The fourth-order valence-electron chi connectivity index (χ4n) is 1.59. The summed E-state index contributed by atoms with van der Waals surface area (Å²) in [5, 5.41) is 6.27. The summed E-state index contributed by atoms with van der Waals surface area (Å²) in [4.78, 5) is 24.7. The topological polar surface area (TPSA) is 84.7 Å². The Balaban J connectivity index is 2.48. The van der Waals surface area contributed by atoms with E-state index in [2.05, 4.69) is 15.2 Å². The van der Waals surface area contributed by atoms with Gasteiger partial charge in [0, 0.05) is 6.07 Å². The standard InChI is InChI=1S/C12H19N3O4/c1-4-5-15(8-12(17)18-3)7-11(16)13-10-6-9(2)19-14-10/h6H,4-5,7-8H2,1-3H3,(H,13,14,16). The Hall–Kier alpha value is -1.89. The first-order valence-corrected chi connectivity index (χ1v) is 6.07. The van der Waals surface area contributed by atoms with Crippen molar-refractivity contribution in [1.29, 1.82) is 0 Å². The highest BCUT2D eigenvalue weighted by Crippen LogP contribution is 2.06. The number of anilines is 1. The number of methoxy groups -OCH3 is 1. The van der Waals surface area contributed by atoms with E-state index >= 15 is 0 Å². The molecule has 1 N–H and O–H groups in total. The van der Waals surface area contributed by atoms with E-state index in [0.29, 0.717) is 18.1 Å². The first-order chi connectivity index (χ1) is 9.05.